The van der Waals surface area contributed by atoms with Gasteiger partial charge in [-0.15, -0.1) is 0 Å². The average molecular weight is 369 g/mol. The van der Waals surface area contributed by atoms with Crippen LogP contribution >= 0.6 is 23.2 Å². The maximum absolute atomic E-state index is 12.5. The summed E-state index contributed by atoms with van der Waals surface area (Å²) in [6.45, 7) is 4.45. The lowest BCUT2D eigenvalue weighted by Gasteiger charge is -2.20. The average Bonchev–Trinajstić information content (AvgIpc) is 2.56. The second-order valence-corrected chi connectivity index (χ2v) is 5.84. The molecule has 0 saturated carbocycles. The first-order valence-electron chi connectivity index (χ1n) is 7.53. The van der Waals surface area contributed by atoms with Crippen molar-refractivity contribution < 1.29 is 9.53 Å². The van der Waals surface area contributed by atoms with E-state index in [-0.39, 0.29) is 18.7 Å². The SMILES string of the molecule is CCOC(=O)c1c(-c2ccc(Cl)c(Cl)c2)n(CC)c(CN)cc1=O. The van der Waals surface area contributed by atoms with Gasteiger partial charge in [-0.2, -0.15) is 0 Å². The second kappa shape index (κ2) is 7.83. The Morgan fingerprint density at radius 2 is 1.92 bits per heavy atom. The van der Waals surface area contributed by atoms with Gasteiger partial charge in [0, 0.05) is 30.4 Å². The summed E-state index contributed by atoms with van der Waals surface area (Å²) >= 11 is 12.1. The molecule has 0 atom stereocenters. The van der Waals surface area contributed by atoms with Gasteiger partial charge in [0.15, 0.2) is 5.43 Å². The maximum Gasteiger partial charge on any atom is 0.344 e. The Kier molecular flexibility index (Phi) is 6.04. The van der Waals surface area contributed by atoms with Crippen LogP contribution < -0.4 is 11.2 Å². The van der Waals surface area contributed by atoms with Crippen LogP contribution in [0.15, 0.2) is 29.1 Å². The summed E-state index contributed by atoms with van der Waals surface area (Å²) in [6, 6.07) is 6.32. The second-order valence-electron chi connectivity index (χ2n) is 5.02. The van der Waals surface area contributed by atoms with Crippen molar-refractivity contribution in [3.8, 4) is 11.3 Å². The number of benzene rings is 1. The molecule has 2 rings (SSSR count). The number of esters is 1. The fourth-order valence-electron chi connectivity index (χ4n) is 2.57. The van der Waals surface area contributed by atoms with Gasteiger partial charge in [-0.25, -0.2) is 4.79 Å². The number of nitrogens with zero attached hydrogens (tertiary/aromatic N) is 1. The van der Waals surface area contributed by atoms with Crippen LogP contribution in [0.1, 0.15) is 29.9 Å². The van der Waals surface area contributed by atoms with Crippen molar-refractivity contribution in [2.75, 3.05) is 6.61 Å². The minimum Gasteiger partial charge on any atom is -0.462 e. The molecule has 0 saturated heterocycles. The van der Waals surface area contributed by atoms with Gasteiger partial charge in [-0.1, -0.05) is 29.3 Å². The smallest absolute Gasteiger partial charge is 0.344 e. The quantitative estimate of drug-likeness (QED) is 0.819. The number of carbonyl (C=O) groups is 1. The molecular formula is C17H18Cl2N2O3. The van der Waals surface area contributed by atoms with Gasteiger partial charge in [-0.3, -0.25) is 4.79 Å². The van der Waals surface area contributed by atoms with Crippen molar-refractivity contribution in [3.63, 3.8) is 0 Å². The minimum absolute atomic E-state index is 0.0331. The van der Waals surface area contributed by atoms with Crippen LogP contribution in [0.2, 0.25) is 10.0 Å². The highest BCUT2D eigenvalue weighted by Gasteiger charge is 2.23. The van der Waals surface area contributed by atoms with E-state index < -0.39 is 11.4 Å². The summed E-state index contributed by atoms with van der Waals surface area (Å²) in [4.78, 5) is 24.9. The number of aromatic nitrogens is 1. The molecule has 1 aromatic heterocycles. The molecule has 0 aliphatic carbocycles. The topological polar surface area (TPSA) is 74.3 Å². The van der Waals surface area contributed by atoms with E-state index in [1.165, 1.54) is 6.07 Å². The van der Waals surface area contributed by atoms with Crippen LogP contribution in [0.4, 0.5) is 0 Å². The molecule has 24 heavy (non-hydrogen) atoms. The van der Waals surface area contributed by atoms with Gasteiger partial charge in [0.2, 0.25) is 0 Å². The largest absolute Gasteiger partial charge is 0.462 e. The zero-order chi connectivity index (χ0) is 17.9. The Balaban J connectivity index is 2.87. The third-order valence-electron chi connectivity index (χ3n) is 3.60. The zero-order valence-electron chi connectivity index (χ0n) is 13.4. The highest BCUT2D eigenvalue weighted by Crippen LogP contribution is 2.30. The standard InChI is InChI=1S/C17H18Cl2N2O3/c1-3-21-11(9-20)8-14(22)15(17(23)24-4-2)16(21)10-5-6-12(18)13(19)7-10/h5-8H,3-4,9,20H2,1-2H3. The molecule has 5 nitrogen and oxygen atoms in total. The lowest BCUT2D eigenvalue weighted by Crippen LogP contribution is -2.25. The summed E-state index contributed by atoms with van der Waals surface area (Å²) in [7, 11) is 0. The van der Waals surface area contributed by atoms with E-state index in [2.05, 4.69) is 0 Å². The van der Waals surface area contributed by atoms with E-state index >= 15 is 0 Å². The molecule has 2 N–H and O–H groups in total. The van der Waals surface area contributed by atoms with Crippen molar-refractivity contribution in [2.24, 2.45) is 5.73 Å². The monoisotopic (exact) mass is 368 g/mol. The molecule has 7 heteroatoms. The lowest BCUT2D eigenvalue weighted by atomic mass is 10.0. The number of halogens is 2. The Bertz CT molecular complexity index is 831. The normalized spacial score (nSPS) is 10.7. The van der Waals surface area contributed by atoms with E-state index in [0.717, 1.165) is 0 Å². The van der Waals surface area contributed by atoms with E-state index in [9.17, 15) is 9.59 Å². The van der Waals surface area contributed by atoms with Crippen molar-refractivity contribution in [1.82, 2.24) is 4.57 Å². The highest BCUT2D eigenvalue weighted by atomic mass is 35.5. The summed E-state index contributed by atoms with van der Waals surface area (Å²) < 4.78 is 6.87. The zero-order valence-corrected chi connectivity index (χ0v) is 14.9. The molecule has 1 aromatic carbocycles. The fraction of sp³-hybridized carbons (Fsp3) is 0.294. The van der Waals surface area contributed by atoms with E-state index in [0.29, 0.717) is 33.5 Å². The molecule has 0 spiro atoms. The van der Waals surface area contributed by atoms with E-state index in [1.54, 1.807) is 25.1 Å². The van der Waals surface area contributed by atoms with Crippen LogP contribution in [0.25, 0.3) is 11.3 Å². The molecular weight excluding hydrogens is 351 g/mol. The fourth-order valence-corrected chi connectivity index (χ4v) is 2.87. The maximum atomic E-state index is 12.5. The lowest BCUT2D eigenvalue weighted by molar-refractivity contribution is 0.0525. The van der Waals surface area contributed by atoms with Crippen LogP contribution in [-0.2, 0) is 17.8 Å². The Labute approximate surface area is 149 Å². The summed E-state index contributed by atoms with van der Waals surface area (Å²) in [5.41, 5.74) is 6.95. The Hall–Kier alpha value is -1.82. The van der Waals surface area contributed by atoms with Gasteiger partial charge >= 0.3 is 5.97 Å². The van der Waals surface area contributed by atoms with Crippen LogP contribution in [-0.4, -0.2) is 17.1 Å². The van der Waals surface area contributed by atoms with Crippen LogP contribution in [0.3, 0.4) is 0 Å². The molecule has 128 valence electrons. The number of rotatable bonds is 5. The molecule has 0 unspecified atom stereocenters. The van der Waals surface area contributed by atoms with Crippen molar-refractivity contribution in [2.45, 2.75) is 26.9 Å². The highest BCUT2D eigenvalue weighted by molar-refractivity contribution is 6.42. The molecule has 0 amide bonds. The minimum atomic E-state index is -0.672. The van der Waals surface area contributed by atoms with Gasteiger partial charge in [0.1, 0.15) is 5.56 Å². The van der Waals surface area contributed by atoms with Crippen molar-refractivity contribution >= 4 is 29.2 Å². The van der Waals surface area contributed by atoms with Gasteiger partial charge in [0.25, 0.3) is 0 Å². The molecule has 0 aliphatic heterocycles. The number of ether oxygens (including phenoxy) is 1. The molecule has 1 heterocycles. The predicted octanol–water partition coefficient (Wildman–Crippen LogP) is 3.48. The molecule has 0 bridgehead atoms. The van der Waals surface area contributed by atoms with Gasteiger partial charge < -0.3 is 15.0 Å². The van der Waals surface area contributed by atoms with Crippen molar-refractivity contribution in [1.29, 1.82) is 0 Å². The van der Waals surface area contributed by atoms with Crippen LogP contribution in [0, 0.1) is 0 Å². The number of nitrogens with two attached hydrogens (primary N) is 1. The van der Waals surface area contributed by atoms with E-state index in [1.807, 2.05) is 11.5 Å². The van der Waals surface area contributed by atoms with Gasteiger partial charge in [-0.05, 0) is 26.0 Å². The van der Waals surface area contributed by atoms with Crippen molar-refractivity contribution in [3.05, 3.63) is 55.8 Å². The van der Waals surface area contributed by atoms with E-state index in [4.69, 9.17) is 33.7 Å². The number of pyridine rings is 1. The number of carbonyl (C=O) groups excluding carboxylic acids is 1. The first kappa shape index (κ1) is 18.5. The predicted molar refractivity (Wildman–Crippen MR) is 95.7 cm³/mol. The third-order valence-corrected chi connectivity index (χ3v) is 4.33. The first-order valence-corrected chi connectivity index (χ1v) is 8.29. The molecule has 0 radical (unpaired) electrons. The molecule has 2 aromatic rings. The molecule has 0 aliphatic rings. The summed E-state index contributed by atoms with van der Waals surface area (Å²) in [5.74, 6) is -0.672. The Morgan fingerprint density at radius 1 is 1.21 bits per heavy atom. The number of hydrogen-bond donors (Lipinski definition) is 1. The molecule has 0 fully saturated rings. The van der Waals surface area contributed by atoms with Gasteiger partial charge in [0.05, 0.1) is 22.3 Å². The Morgan fingerprint density at radius 3 is 2.46 bits per heavy atom. The summed E-state index contributed by atoms with van der Waals surface area (Å²) in [6.07, 6.45) is 0. The number of hydrogen-bond acceptors (Lipinski definition) is 4. The third kappa shape index (κ3) is 3.48. The summed E-state index contributed by atoms with van der Waals surface area (Å²) in [5, 5.41) is 0.718. The van der Waals surface area contributed by atoms with Crippen LogP contribution in [0.5, 0.6) is 0 Å². The first-order chi connectivity index (χ1) is 11.4.